The zero-order valence-electron chi connectivity index (χ0n) is 10.1. The van der Waals surface area contributed by atoms with Crippen LogP contribution in [0.5, 0.6) is 0 Å². The van der Waals surface area contributed by atoms with Crippen molar-refractivity contribution in [2.45, 2.75) is 51.4 Å². The molecule has 0 amide bonds. The Morgan fingerprint density at radius 1 is 0.875 bits per heavy atom. The Kier molecular flexibility index (Phi) is 4.23. The molecule has 90 valence electrons. The highest BCUT2D eigenvalue weighted by Crippen LogP contribution is 2.40. The molecule has 0 atom stereocenters. The van der Waals surface area contributed by atoms with E-state index in [9.17, 15) is 0 Å². The van der Waals surface area contributed by atoms with Crippen LogP contribution in [0.1, 0.15) is 51.4 Å². The van der Waals surface area contributed by atoms with E-state index in [4.69, 9.17) is 10.4 Å². The summed E-state index contributed by atoms with van der Waals surface area (Å²) in [5.41, 5.74) is 0. The standard InChI is InChI=1S/C14H23NO/c15-9-11-1-5-13(6-2-11)14-7-3-12(10-16)4-8-14/h11-14,16H,1-8,10H2/t11-,12-,13-,14-. The van der Waals surface area contributed by atoms with Gasteiger partial charge in [0.2, 0.25) is 0 Å². The molecule has 2 nitrogen and oxygen atoms in total. The maximum atomic E-state index is 9.12. The van der Waals surface area contributed by atoms with Gasteiger partial charge in [-0.2, -0.15) is 5.26 Å². The first-order chi connectivity index (χ1) is 7.83. The van der Waals surface area contributed by atoms with Crippen molar-refractivity contribution < 1.29 is 5.11 Å². The molecule has 0 aromatic carbocycles. The molecule has 0 aromatic heterocycles. The van der Waals surface area contributed by atoms with Gasteiger partial charge in [0.15, 0.2) is 0 Å². The molecule has 0 saturated heterocycles. The topological polar surface area (TPSA) is 44.0 Å². The van der Waals surface area contributed by atoms with Gasteiger partial charge in [-0.25, -0.2) is 0 Å². The van der Waals surface area contributed by atoms with Gasteiger partial charge >= 0.3 is 0 Å². The molecule has 2 heteroatoms. The number of hydrogen-bond donors (Lipinski definition) is 1. The van der Waals surface area contributed by atoms with Crippen molar-refractivity contribution in [3.63, 3.8) is 0 Å². The van der Waals surface area contributed by atoms with E-state index in [1.807, 2.05) is 0 Å². The Morgan fingerprint density at radius 2 is 1.38 bits per heavy atom. The van der Waals surface area contributed by atoms with E-state index >= 15 is 0 Å². The van der Waals surface area contributed by atoms with Crippen molar-refractivity contribution in [3.05, 3.63) is 0 Å². The Bertz CT molecular complexity index is 242. The van der Waals surface area contributed by atoms with Gasteiger partial charge in [0.25, 0.3) is 0 Å². The predicted octanol–water partition coefficient (Wildman–Crippen LogP) is 3.12. The molecule has 1 N–H and O–H groups in total. The van der Waals surface area contributed by atoms with E-state index in [2.05, 4.69) is 6.07 Å². The van der Waals surface area contributed by atoms with Crippen molar-refractivity contribution in [3.8, 4) is 6.07 Å². The Labute approximate surface area is 98.7 Å². The van der Waals surface area contributed by atoms with Gasteiger partial charge in [0.1, 0.15) is 0 Å². The Morgan fingerprint density at radius 3 is 1.81 bits per heavy atom. The van der Waals surface area contributed by atoms with E-state index < -0.39 is 0 Å². The highest BCUT2D eigenvalue weighted by molar-refractivity contribution is 4.89. The lowest BCUT2D eigenvalue weighted by Crippen LogP contribution is -2.26. The van der Waals surface area contributed by atoms with E-state index in [1.54, 1.807) is 0 Å². The van der Waals surface area contributed by atoms with Crippen molar-refractivity contribution >= 4 is 0 Å². The zero-order valence-corrected chi connectivity index (χ0v) is 10.1. The summed E-state index contributed by atoms with van der Waals surface area (Å²) in [7, 11) is 0. The summed E-state index contributed by atoms with van der Waals surface area (Å²) in [6.45, 7) is 0.383. The lowest BCUT2D eigenvalue weighted by atomic mass is 9.69. The molecular weight excluding hydrogens is 198 g/mol. The van der Waals surface area contributed by atoms with Crippen LogP contribution in [0.25, 0.3) is 0 Å². The first-order valence-corrected chi connectivity index (χ1v) is 6.84. The molecule has 2 rings (SSSR count). The lowest BCUT2D eigenvalue weighted by Gasteiger charge is -2.36. The van der Waals surface area contributed by atoms with Crippen molar-refractivity contribution in [1.82, 2.24) is 0 Å². The van der Waals surface area contributed by atoms with Gasteiger partial charge in [0, 0.05) is 12.5 Å². The fourth-order valence-corrected chi connectivity index (χ4v) is 3.56. The van der Waals surface area contributed by atoms with Gasteiger partial charge in [-0.15, -0.1) is 0 Å². The molecule has 2 aliphatic rings. The number of nitriles is 1. The van der Waals surface area contributed by atoms with Crippen LogP contribution < -0.4 is 0 Å². The minimum atomic E-state index is 0.338. The summed E-state index contributed by atoms with van der Waals surface area (Å²) in [6, 6.07) is 2.41. The number of hydrogen-bond acceptors (Lipinski definition) is 2. The third-order valence-corrected chi connectivity index (χ3v) is 4.77. The van der Waals surface area contributed by atoms with E-state index in [0.717, 1.165) is 24.7 Å². The molecule has 2 saturated carbocycles. The van der Waals surface area contributed by atoms with Crippen LogP contribution in [0, 0.1) is 35.0 Å². The highest BCUT2D eigenvalue weighted by atomic mass is 16.3. The van der Waals surface area contributed by atoms with Crippen LogP contribution in [0.4, 0.5) is 0 Å². The summed E-state index contributed by atoms with van der Waals surface area (Å²) in [5.74, 6) is 2.68. The average Bonchev–Trinajstić information content (AvgIpc) is 2.39. The molecule has 0 unspecified atom stereocenters. The van der Waals surface area contributed by atoms with E-state index in [-0.39, 0.29) is 0 Å². The monoisotopic (exact) mass is 221 g/mol. The molecular formula is C14H23NO. The SMILES string of the molecule is N#C[C@H]1CC[C@H]([C@H]2CC[C@H](CO)CC2)CC1. The third-order valence-electron chi connectivity index (χ3n) is 4.77. The summed E-state index contributed by atoms with van der Waals surface area (Å²) in [6.07, 6.45) is 9.86. The van der Waals surface area contributed by atoms with Crippen LogP contribution in [0.2, 0.25) is 0 Å². The van der Waals surface area contributed by atoms with Crippen molar-refractivity contribution in [1.29, 1.82) is 5.26 Å². The molecule has 16 heavy (non-hydrogen) atoms. The number of aliphatic hydroxyl groups is 1. The van der Waals surface area contributed by atoms with Crippen LogP contribution in [0.15, 0.2) is 0 Å². The second kappa shape index (κ2) is 5.68. The molecule has 2 fully saturated rings. The van der Waals surface area contributed by atoms with Gasteiger partial charge in [-0.3, -0.25) is 0 Å². The Hall–Kier alpha value is -0.550. The van der Waals surface area contributed by atoms with Crippen LogP contribution in [-0.2, 0) is 0 Å². The molecule has 2 aliphatic carbocycles. The first-order valence-electron chi connectivity index (χ1n) is 6.84. The predicted molar refractivity (Wildman–Crippen MR) is 63.6 cm³/mol. The van der Waals surface area contributed by atoms with Gasteiger partial charge in [-0.05, 0) is 69.1 Å². The third kappa shape index (κ3) is 2.77. The minimum Gasteiger partial charge on any atom is -0.396 e. The fourth-order valence-electron chi connectivity index (χ4n) is 3.56. The molecule has 0 aliphatic heterocycles. The summed E-state index contributed by atoms with van der Waals surface area (Å²) < 4.78 is 0. The quantitative estimate of drug-likeness (QED) is 0.778. The number of aliphatic hydroxyl groups excluding tert-OH is 1. The van der Waals surface area contributed by atoms with E-state index in [1.165, 1.54) is 38.5 Å². The maximum Gasteiger partial charge on any atom is 0.0655 e. The lowest BCUT2D eigenvalue weighted by molar-refractivity contribution is 0.122. The average molecular weight is 221 g/mol. The first kappa shape index (κ1) is 11.9. The number of nitrogens with zero attached hydrogens (tertiary/aromatic N) is 1. The molecule has 0 aromatic rings. The van der Waals surface area contributed by atoms with Crippen LogP contribution in [-0.4, -0.2) is 11.7 Å². The molecule has 0 heterocycles. The normalized spacial score (nSPS) is 40.2. The smallest absolute Gasteiger partial charge is 0.0655 e. The second-order valence-electron chi connectivity index (χ2n) is 5.70. The van der Waals surface area contributed by atoms with Gasteiger partial charge in [-0.1, -0.05) is 0 Å². The highest BCUT2D eigenvalue weighted by Gasteiger charge is 2.30. The van der Waals surface area contributed by atoms with Crippen molar-refractivity contribution in [2.24, 2.45) is 23.7 Å². The second-order valence-corrected chi connectivity index (χ2v) is 5.70. The molecule has 0 radical (unpaired) electrons. The largest absolute Gasteiger partial charge is 0.396 e. The maximum absolute atomic E-state index is 9.12. The Balaban J connectivity index is 1.76. The zero-order chi connectivity index (χ0) is 11.4. The van der Waals surface area contributed by atoms with Gasteiger partial charge in [0.05, 0.1) is 6.07 Å². The van der Waals surface area contributed by atoms with Crippen LogP contribution >= 0.6 is 0 Å². The fraction of sp³-hybridized carbons (Fsp3) is 0.929. The van der Waals surface area contributed by atoms with Gasteiger partial charge < -0.3 is 5.11 Å². The summed E-state index contributed by atoms with van der Waals surface area (Å²) in [5, 5.41) is 18.0. The summed E-state index contributed by atoms with van der Waals surface area (Å²) >= 11 is 0. The number of rotatable bonds is 2. The molecule has 0 spiro atoms. The minimum absolute atomic E-state index is 0.338. The van der Waals surface area contributed by atoms with E-state index in [0.29, 0.717) is 18.4 Å². The van der Waals surface area contributed by atoms with Crippen molar-refractivity contribution in [2.75, 3.05) is 6.61 Å². The summed E-state index contributed by atoms with van der Waals surface area (Å²) in [4.78, 5) is 0. The van der Waals surface area contributed by atoms with Crippen LogP contribution in [0.3, 0.4) is 0 Å². The molecule has 0 bridgehead atoms.